The van der Waals surface area contributed by atoms with Crippen LogP contribution in [0.15, 0.2) is 12.4 Å². The molecule has 2 fully saturated rings. The second kappa shape index (κ2) is 6.90. The Hall–Kier alpha value is -0.910. The molecule has 1 aromatic rings. The molecule has 0 spiro atoms. The minimum absolute atomic E-state index is 0.785. The van der Waals surface area contributed by atoms with Crippen molar-refractivity contribution in [1.82, 2.24) is 24.3 Å². The second-order valence-electron chi connectivity index (χ2n) is 6.38. The summed E-state index contributed by atoms with van der Waals surface area (Å²) in [4.78, 5) is 12.2. The lowest BCUT2D eigenvalue weighted by molar-refractivity contribution is 0.101. The molecule has 1 aromatic heterocycles. The molecule has 1 unspecified atom stereocenters. The molecule has 0 amide bonds. The molecule has 0 bridgehead atoms. The summed E-state index contributed by atoms with van der Waals surface area (Å²) in [6.45, 7) is 15.3. The Morgan fingerprint density at radius 2 is 1.90 bits per heavy atom. The number of rotatable bonds is 5. The molecular formula is C16H29N5. The maximum Gasteiger partial charge on any atom is 0.105 e. The summed E-state index contributed by atoms with van der Waals surface area (Å²) in [5, 5.41) is 0. The molecule has 5 nitrogen and oxygen atoms in total. The predicted molar refractivity (Wildman–Crippen MR) is 85.5 cm³/mol. The molecule has 0 N–H and O–H groups in total. The van der Waals surface area contributed by atoms with Crippen LogP contribution in [0.5, 0.6) is 0 Å². The zero-order valence-corrected chi connectivity index (χ0v) is 13.5. The molecule has 3 heterocycles. The normalized spacial score (nSPS) is 25.7. The lowest BCUT2D eigenvalue weighted by Gasteiger charge is -2.37. The molecule has 2 aliphatic rings. The van der Waals surface area contributed by atoms with Crippen LogP contribution in [0.1, 0.15) is 19.2 Å². The Morgan fingerprint density at radius 1 is 1.10 bits per heavy atom. The van der Waals surface area contributed by atoms with Gasteiger partial charge in [-0.2, -0.15) is 0 Å². The van der Waals surface area contributed by atoms with Crippen LogP contribution in [-0.2, 0) is 6.54 Å². The van der Waals surface area contributed by atoms with Gasteiger partial charge in [-0.15, -0.1) is 0 Å². The molecule has 118 valence electrons. The van der Waals surface area contributed by atoms with Crippen LogP contribution in [0.25, 0.3) is 0 Å². The van der Waals surface area contributed by atoms with E-state index in [0.717, 1.165) is 25.0 Å². The molecular weight excluding hydrogens is 262 g/mol. The van der Waals surface area contributed by atoms with Crippen molar-refractivity contribution in [3.05, 3.63) is 18.2 Å². The van der Waals surface area contributed by atoms with E-state index in [9.17, 15) is 0 Å². The Morgan fingerprint density at radius 3 is 2.57 bits per heavy atom. The molecule has 0 radical (unpaired) electrons. The predicted octanol–water partition coefficient (Wildman–Crippen LogP) is 0.903. The lowest BCUT2D eigenvalue weighted by Crippen LogP contribution is -2.50. The van der Waals surface area contributed by atoms with Crippen LogP contribution >= 0.6 is 0 Å². The number of hydrogen-bond donors (Lipinski definition) is 0. The quantitative estimate of drug-likeness (QED) is 0.806. The van der Waals surface area contributed by atoms with Gasteiger partial charge in [0, 0.05) is 64.2 Å². The van der Waals surface area contributed by atoms with Crippen molar-refractivity contribution in [2.24, 2.45) is 0 Å². The van der Waals surface area contributed by atoms with E-state index in [2.05, 4.69) is 44.3 Å². The fourth-order valence-corrected chi connectivity index (χ4v) is 3.65. The van der Waals surface area contributed by atoms with Crippen molar-refractivity contribution in [2.45, 2.75) is 32.9 Å². The molecule has 3 rings (SSSR count). The first-order valence-electron chi connectivity index (χ1n) is 8.42. The summed E-state index contributed by atoms with van der Waals surface area (Å²) in [7, 11) is 0. The van der Waals surface area contributed by atoms with Gasteiger partial charge < -0.3 is 9.47 Å². The molecule has 1 atom stereocenters. The average Bonchev–Trinajstić information content (AvgIpc) is 3.14. The van der Waals surface area contributed by atoms with E-state index >= 15 is 0 Å². The van der Waals surface area contributed by atoms with Crippen molar-refractivity contribution >= 4 is 0 Å². The first-order valence-corrected chi connectivity index (χ1v) is 8.42. The SMILES string of the molecule is CCN1CCN(C2CCN(CCn3ccnc3C)C2)CC1. The number of nitrogens with zero attached hydrogens (tertiary/aromatic N) is 5. The highest BCUT2D eigenvalue weighted by atomic mass is 15.3. The van der Waals surface area contributed by atoms with Crippen LogP contribution in [0.3, 0.4) is 0 Å². The first kappa shape index (κ1) is 15.0. The van der Waals surface area contributed by atoms with Crippen molar-refractivity contribution in [3.8, 4) is 0 Å². The molecule has 0 aromatic carbocycles. The zero-order chi connectivity index (χ0) is 14.7. The summed E-state index contributed by atoms with van der Waals surface area (Å²) >= 11 is 0. The van der Waals surface area contributed by atoms with Crippen molar-refractivity contribution in [3.63, 3.8) is 0 Å². The number of aryl methyl sites for hydroxylation is 1. The van der Waals surface area contributed by atoms with Gasteiger partial charge in [-0.3, -0.25) is 9.80 Å². The topological polar surface area (TPSA) is 27.5 Å². The standard InChI is InChI=1S/C16H29N5/c1-3-18-8-12-21(13-9-18)16-4-6-19(14-16)10-11-20-7-5-17-15(20)2/h5,7,16H,3-4,6,8-14H2,1-2H3. The summed E-state index contributed by atoms with van der Waals surface area (Å²) in [6, 6.07) is 0.785. The summed E-state index contributed by atoms with van der Waals surface area (Å²) < 4.78 is 2.26. The summed E-state index contributed by atoms with van der Waals surface area (Å²) in [5.74, 6) is 1.13. The van der Waals surface area contributed by atoms with Crippen LogP contribution in [-0.4, -0.2) is 82.7 Å². The Kier molecular flexibility index (Phi) is 4.93. The van der Waals surface area contributed by atoms with Gasteiger partial charge >= 0.3 is 0 Å². The van der Waals surface area contributed by atoms with E-state index in [1.165, 1.54) is 52.2 Å². The molecule has 2 aliphatic heterocycles. The Bertz CT molecular complexity index is 436. The monoisotopic (exact) mass is 291 g/mol. The highest BCUT2D eigenvalue weighted by molar-refractivity contribution is 4.90. The fourth-order valence-electron chi connectivity index (χ4n) is 3.65. The molecule has 0 saturated carbocycles. The molecule has 2 saturated heterocycles. The largest absolute Gasteiger partial charge is 0.334 e. The Balaban J connectivity index is 1.42. The maximum atomic E-state index is 4.30. The van der Waals surface area contributed by atoms with Gasteiger partial charge in [0.15, 0.2) is 0 Å². The molecule has 21 heavy (non-hydrogen) atoms. The van der Waals surface area contributed by atoms with Crippen molar-refractivity contribution in [1.29, 1.82) is 0 Å². The number of piperazine rings is 1. The molecule has 5 heteroatoms. The summed E-state index contributed by atoms with van der Waals surface area (Å²) in [6.07, 6.45) is 5.33. The van der Waals surface area contributed by atoms with Crippen LogP contribution in [0.4, 0.5) is 0 Å². The van der Waals surface area contributed by atoms with Crippen molar-refractivity contribution in [2.75, 3.05) is 52.4 Å². The van der Waals surface area contributed by atoms with Gasteiger partial charge in [-0.25, -0.2) is 4.98 Å². The van der Waals surface area contributed by atoms with Crippen LogP contribution in [0.2, 0.25) is 0 Å². The van der Waals surface area contributed by atoms with E-state index in [1.54, 1.807) is 0 Å². The van der Waals surface area contributed by atoms with Gasteiger partial charge in [0.1, 0.15) is 5.82 Å². The van der Waals surface area contributed by atoms with Gasteiger partial charge in [-0.1, -0.05) is 6.92 Å². The van der Waals surface area contributed by atoms with E-state index in [4.69, 9.17) is 0 Å². The average molecular weight is 291 g/mol. The minimum Gasteiger partial charge on any atom is -0.334 e. The highest BCUT2D eigenvalue weighted by Gasteiger charge is 2.29. The summed E-state index contributed by atoms with van der Waals surface area (Å²) in [5.41, 5.74) is 0. The number of imidazole rings is 1. The van der Waals surface area contributed by atoms with Gasteiger partial charge in [0.05, 0.1) is 0 Å². The third-order valence-corrected chi connectivity index (χ3v) is 5.20. The van der Waals surface area contributed by atoms with Crippen molar-refractivity contribution < 1.29 is 0 Å². The molecule has 0 aliphatic carbocycles. The highest BCUT2D eigenvalue weighted by Crippen LogP contribution is 2.17. The second-order valence-corrected chi connectivity index (χ2v) is 6.38. The number of likely N-dealkylation sites (N-methyl/N-ethyl adjacent to an activating group) is 1. The number of aromatic nitrogens is 2. The number of hydrogen-bond acceptors (Lipinski definition) is 4. The fraction of sp³-hybridized carbons (Fsp3) is 0.812. The first-order chi connectivity index (χ1) is 10.3. The lowest BCUT2D eigenvalue weighted by atomic mass is 10.2. The van der Waals surface area contributed by atoms with E-state index in [-0.39, 0.29) is 0 Å². The van der Waals surface area contributed by atoms with Gasteiger partial charge in [-0.05, 0) is 26.4 Å². The van der Waals surface area contributed by atoms with E-state index < -0.39 is 0 Å². The Labute approximate surface area is 128 Å². The van der Waals surface area contributed by atoms with Crippen LogP contribution < -0.4 is 0 Å². The zero-order valence-electron chi connectivity index (χ0n) is 13.5. The van der Waals surface area contributed by atoms with Gasteiger partial charge in [0.2, 0.25) is 0 Å². The number of likely N-dealkylation sites (tertiary alicyclic amines) is 1. The third-order valence-electron chi connectivity index (χ3n) is 5.20. The van der Waals surface area contributed by atoms with Gasteiger partial charge in [0.25, 0.3) is 0 Å². The van der Waals surface area contributed by atoms with E-state index in [1.807, 2.05) is 6.20 Å². The maximum absolute atomic E-state index is 4.30. The third kappa shape index (κ3) is 3.65. The van der Waals surface area contributed by atoms with Crippen LogP contribution in [0, 0.1) is 6.92 Å². The van der Waals surface area contributed by atoms with E-state index in [0.29, 0.717) is 0 Å². The minimum atomic E-state index is 0.785. The smallest absolute Gasteiger partial charge is 0.105 e.